The number of nitrogens with zero attached hydrogens (tertiary/aromatic N) is 2. The minimum atomic E-state index is -0.704. The molecule has 20 heavy (non-hydrogen) atoms. The van der Waals surface area contributed by atoms with Gasteiger partial charge in [-0.3, -0.25) is 4.57 Å². The average molecular weight is 338 g/mol. The molecule has 0 saturated carbocycles. The van der Waals surface area contributed by atoms with Crippen molar-refractivity contribution in [3.63, 3.8) is 0 Å². The Morgan fingerprint density at radius 3 is 2.50 bits per heavy atom. The molecule has 3 rings (SSSR count). The number of nitrogens with two attached hydrogens (primary N) is 1. The fourth-order valence-corrected chi connectivity index (χ4v) is 2.64. The van der Waals surface area contributed by atoms with Crippen molar-refractivity contribution >= 4 is 32.9 Å². The summed E-state index contributed by atoms with van der Waals surface area (Å²) in [5.74, 6) is -1.36. The third kappa shape index (κ3) is 1.87. The lowest BCUT2D eigenvalue weighted by Gasteiger charge is -2.09. The Balaban J connectivity index is 2.42. The zero-order valence-electron chi connectivity index (χ0n) is 10.5. The SMILES string of the molecule is Cc1cccc2c1nc(N)n2-c1c(F)cc(Br)cc1F. The van der Waals surface area contributed by atoms with E-state index >= 15 is 0 Å². The van der Waals surface area contributed by atoms with E-state index in [9.17, 15) is 8.78 Å². The van der Waals surface area contributed by atoms with Crippen LogP contribution in [-0.2, 0) is 0 Å². The maximum atomic E-state index is 14.1. The van der Waals surface area contributed by atoms with E-state index < -0.39 is 11.6 Å². The van der Waals surface area contributed by atoms with E-state index in [1.54, 1.807) is 12.1 Å². The molecule has 0 bridgehead atoms. The molecule has 3 nitrogen and oxygen atoms in total. The van der Waals surface area contributed by atoms with Crippen LogP contribution in [0, 0.1) is 18.6 Å². The summed E-state index contributed by atoms with van der Waals surface area (Å²) in [5, 5.41) is 0. The van der Waals surface area contributed by atoms with Gasteiger partial charge in [0.15, 0.2) is 11.6 Å². The van der Waals surface area contributed by atoms with E-state index in [1.165, 1.54) is 16.7 Å². The van der Waals surface area contributed by atoms with Crippen molar-refractivity contribution in [1.29, 1.82) is 0 Å². The highest BCUT2D eigenvalue weighted by molar-refractivity contribution is 9.10. The number of anilines is 1. The molecule has 0 aliphatic carbocycles. The van der Waals surface area contributed by atoms with Crippen LogP contribution in [0.2, 0.25) is 0 Å². The summed E-state index contributed by atoms with van der Waals surface area (Å²) in [7, 11) is 0. The van der Waals surface area contributed by atoms with E-state index in [4.69, 9.17) is 5.73 Å². The molecule has 0 radical (unpaired) electrons. The maximum Gasteiger partial charge on any atom is 0.206 e. The summed E-state index contributed by atoms with van der Waals surface area (Å²) in [5.41, 5.74) is 7.71. The first-order chi connectivity index (χ1) is 9.49. The van der Waals surface area contributed by atoms with Gasteiger partial charge < -0.3 is 5.73 Å². The molecule has 0 amide bonds. The maximum absolute atomic E-state index is 14.1. The predicted octanol–water partition coefficient (Wildman–Crippen LogP) is 3.96. The number of fused-ring (bicyclic) bond motifs is 1. The number of aromatic nitrogens is 2. The van der Waals surface area contributed by atoms with E-state index in [2.05, 4.69) is 20.9 Å². The lowest BCUT2D eigenvalue weighted by molar-refractivity contribution is 0.570. The fraction of sp³-hybridized carbons (Fsp3) is 0.0714. The molecule has 0 aliphatic heterocycles. The molecule has 3 aromatic rings. The summed E-state index contributed by atoms with van der Waals surface area (Å²) in [6.45, 7) is 1.87. The first-order valence-electron chi connectivity index (χ1n) is 5.87. The molecule has 2 N–H and O–H groups in total. The molecule has 1 aromatic heterocycles. The zero-order chi connectivity index (χ0) is 14.4. The highest BCUT2D eigenvalue weighted by Crippen LogP contribution is 2.29. The summed E-state index contributed by atoms with van der Waals surface area (Å²) >= 11 is 3.05. The minimum absolute atomic E-state index is 0.0504. The number of para-hydroxylation sites is 1. The van der Waals surface area contributed by atoms with Crippen molar-refractivity contribution in [3.8, 4) is 5.69 Å². The summed E-state index contributed by atoms with van der Waals surface area (Å²) in [6.07, 6.45) is 0. The first kappa shape index (κ1) is 13.1. The first-order valence-corrected chi connectivity index (χ1v) is 6.67. The van der Waals surface area contributed by atoms with Crippen molar-refractivity contribution < 1.29 is 8.78 Å². The van der Waals surface area contributed by atoms with Gasteiger partial charge in [-0.2, -0.15) is 0 Å². The largest absolute Gasteiger partial charge is 0.369 e. The molecule has 0 saturated heterocycles. The van der Waals surface area contributed by atoms with Crippen molar-refractivity contribution in [1.82, 2.24) is 9.55 Å². The van der Waals surface area contributed by atoms with E-state index in [0.717, 1.165) is 5.56 Å². The van der Waals surface area contributed by atoms with Crippen LogP contribution < -0.4 is 5.73 Å². The van der Waals surface area contributed by atoms with Crippen LogP contribution >= 0.6 is 15.9 Å². The van der Waals surface area contributed by atoms with Crippen molar-refractivity contribution in [3.05, 3.63) is 52.0 Å². The Bertz CT molecular complexity index is 804. The molecular weight excluding hydrogens is 328 g/mol. The van der Waals surface area contributed by atoms with E-state index in [1.807, 2.05) is 13.0 Å². The number of imidazole rings is 1. The number of halogens is 3. The topological polar surface area (TPSA) is 43.8 Å². The standard InChI is InChI=1S/C14H10BrF2N3/c1-7-3-2-4-11-12(7)19-14(18)20(11)13-9(16)5-8(15)6-10(13)17/h2-6H,1H3,(H2,18,19). The minimum Gasteiger partial charge on any atom is -0.369 e. The molecule has 102 valence electrons. The van der Waals surface area contributed by atoms with Gasteiger partial charge in [-0.1, -0.05) is 28.1 Å². The van der Waals surface area contributed by atoms with Gasteiger partial charge in [-0.15, -0.1) is 0 Å². The monoisotopic (exact) mass is 337 g/mol. The van der Waals surface area contributed by atoms with Crippen molar-refractivity contribution in [2.75, 3.05) is 5.73 Å². The average Bonchev–Trinajstić information content (AvgIpc) is 2.67. The number of rotatable bonds is 1. The lowest BCUT2D eigenvalue weighted by Crippen LogP contribution is -2.05. The molecule has 0 aliphatic rings. The molecule has 0 fully saturated rings. The van der Waals surface area contributed by atoms with Crippen LogP contribution in [0.3, 0.4) is 0 Å². The molecule has 0 atom stereocenters. The highest BCUT2D eigenvalue weighted by Gasteiger charge is 2.19. The summed E-state index contributed by atoms with van der Waals surface area (Å²) in [6, 6.07) is 7.78. The number of hydrogen-bond acceptors (Lipinski definition) is 2. The van der Waals surface area contributed by atoms with Crippen molar-refractivity contribution in [2.45, 2.75) is 6.92 Å². The van der Waals surface area contributed by atoms with Gasteiger partial charge in [0.05, 0.1) is 11.0 Å². The van der Waals surface area contributed by atoms with Crippen LogP contribution in [0.25, 0.3) is 16.7 Å². The predicted molar refractivity (Wildman–Crippen MR) is 77.8 cm³/mol. The Morgan fingerprint density at radius 1 is 1.20 bits per heavy atom. The molecule has 2 aromatic carbocycles. The van der Waals surface area contributed by atoms with Crippen LogP contribution in [0.15, 0.2) is 34.8 Å². The van der Waals surface area contributed by atoms with Crippen molar-refractivity contribution in [2.24, 2.45) is 0 Å². The van der Waals surface area contributed by atoms with Gasteiger partial charge in [-0.25, -0.2) is 13.8 Å². The smallest absolute Gasteiger partial charge is 0.206 e. The van der Waals surface area contributed by atoms with Crippen LogP contribution in [0.1, 0.15) is 5.56 Å². The summed E-state index contributed by atoms with van der Waals surface area (Å²) in [4.78, 5) is 4.19. The van der Waals surface area contributed by atoms with Gasteiger partial charge in [0.2, 0.25) is 5.95 Å². The van der Waals surface area contributed by atoms with E-state index in [-0.39, 0.29) is 11.6 Å². The quantitative estimate of drug-likeness (QED) is 0.730. The Labute approximate surface area is 122 Å². The Hall–Kier alpha value is -1.95. The second kappa shape index (κ2) is 4.56. The number of hydrogen-bond donors (Lipinski definition) is 1. The zero-order valence-corrected chi connectivity index (χ0v) is 12.1. The third-order valence-electron chi connectivity index (χ3n) is 3.12. The highest BCUT2D eigenvalue weighted by atomic mass is 79.9. The molecule has 6 heteroatoms. The molecule has 1 heterocycles. The summed E-state index contributed by atoms with van der Waals surface area (Å²) < 4.78 is 29.8. The molecule has 0 unspecified atom stereocenters. The Morgan fingerprint density at radius 2 is 1.85 bits per heavy atom. The lowest BCUT2D eigenvalue weighted by atomic mass is 10.2. The second-order valence-corrected chi connectivity index (χ2v) is 5.38. The third-order valence-corrected chi connectivity index (χ3v) is 3.58. The van der Waals surface area contributed by atoms with Crippen LogP contribution in [0.4, 0.5) is 14.7 Å². The number of benzene rings is 2. The second-order valence-electron chi connectivity index (χ2n) is 4.47. The van der Waals surface area contributed by atoms with E-state index in [0.29, 0.717) is 15.5 Å². The van der Waals surface area contributed by atoms with Gasteiger partial charge in [0, 0.05) is 4.47 Å². The number of aryl methyl sites for hydroxylation is 1. The van der Waals surface area contributed by atoms with Gasteiger partial charge in [0.25, 0.3) is 0 Å². The Kier molecular flexibility index (Phi) is 2.97. The van der Waals surface area contributed by atoms with Crippen LogP contribution in [0.5, 0.6) is 0 Å². The molecular formula is C14H10BrF2N3. The normalized spacial score (nSPS) is 11.2. The van der Waals surface area contributed by atoms with Gasteiger partial charge >= 0.3 is 0 Å². The van der Waals surface area contributed by atoms with Crippen LogP contribution in [-0.4, -0.2) is 9.55 Å². The molecule has 0 spiro atoms. The van der Waals surface area contributed by atoms with Gasteiger partial charge in [-0.05, 0) is 30.7 Å². The number of nitrogen functional groups attached to an aromatic ring is 1. The van der Waals surface area contributed by atoms with Gasteiger partial charge in [0.1, 0.15) is 5.69 Å². The fourth-order valence-electron chi connectivity index (χ4n) is 2.24.